The molecule has 0 aliphatic carbocycles. The topological polar surface area (TPSA) is 52.6 Å². The Bertz CT molecular complexity index is 471. The number of benzene rings is 1. The Kier molecular flexibility index (Phi) is 5.26. The van der Waals surface area contributed by atoms with Gasteiger partial charge in [0.1, 0.15) is 0 Å². The van der Waals surface area contributed by atoms with E-state index in [2.05, 4.69) is 12.2 Å². The maximum absolute atomic E-state index is 12.6. The van der Waals surface area contributed by atoms with E-state index >= 15 is 0 Å². The summed E-state index contributed by atoms with van der Waals surface area (Å²) in [5.41, 5.74) is 1.44. The molecule has 1 aromatic rings. The van der Waals surface area contributed by atoms with Gasteiger partial charge in [-0.3, -0.25) is 4.79 Å². The van der Waals surface area contributed by atoms with E-state index in [4.69, 9.17) is 11.6 Å². The molecule has 0 unspecified atom stereocenters. The monoisotopic (exact) mass is 296 g/mol. The molecule has 5 heteroatoms. The highest BCUT2D eigenvalue weighted by molar-refractivity contribution is 6.31. The second kappa shape index (κ2) is 6.95. The van der Waals surface area contributed by atoms with Gasteiger partial charge in [0, 0.05) is 30.3 Å². The van der Waals surface area contributed by atoms with Crippen molar-refractivity contribution < 1.29 is 9.90 Å². The molecule has 0 spiro atoms. The normalized spacial score (nSPS) is 16.2. The minimum atomic E-state index is -0.281. The quantitative estimate of drug-likeness (QED) is 0.898. The first-order valence-electron chi connectivity index (χ1n) is 7.12. The van der Waals surface area contributed by atoms with Gasteiger partial charge in [-0.05, 0) is 37.5 Å². The number of piperidine rings is 1. The number of aliphatic hydroxyl groups is 1. The summed E-state index contributed by atoms with van der Waals surface area (Å²) in [5, 5.41) is 13.3. The molecule has 1 aliphatic rings. The molecule has 4 nitrogen and oxygen atoms in total. The number of likely N-dealkylation sites (tertiary alicyclic amines) is 1. The highest BCUT2D eigenvalue weighted by Gasteiger charge is 2.24. The molecule has 2 N–H and O–H groups in total. The van der Waals surface area contributed by atoms with Crippen LogP contribution in [0.3, 0.4) is 0 Å². The summed E-state index contributed by atoms with van der Waals surface area (Å²) in [7, 11) is 0. The van der Waals surface area contributed by atoms with Crippen molar-refractivity contribution in [1.29, 1.82) is 0 Å². The van der Waals surface area contributed by atoms with Crippen LogP contribution in [0.15, 0.2) is 18.2 Å². The highest BCUT2D eigenvalue weighted by Crippen LogP contribution is 2.24. The fourth-order valence-corrected chi connectivity index (χ4v) is 2.52. The van der Waals surface area contributed by atoms with E-state index in [-0.39, 0.29) is 12.0 Å². The number of hydrogen-bond donors (Lipinski definition) is 2. The molecular formula is C15H21ClN2O2. The van der Waals surface area contributed by atoms with Gasteiger partial charge in [-0.1, -0.05) is 18.5 Å². The number of nitrogens with zero attached hydrogens (tertiary/aromatic N) is 1. The van der Waals surface area contributed by atoms with E-state index in [9.17, 15) is 9.90 Å². The summed E-state index contributed by atoms with van der Waals surface area (Å²) in [6.45, 7) is 4.09. The van der Waals surface area contributed by atoms with Crippen LogP contribution in [0, 0.1) is 0 Å². The van der Waals surface area contributed by atoms with Crippen molar-refractivity contribution >= 4 is 23.2 Å². The number of amides is 1. The second-order valence-electron chi connectivity index (χ2n) is 5.14. The lowest BCUT2D eigenvalue weighted by molar-refractivity contribution is 0.0547. The first-order valence-corrected chi connectivity index (χ1v) is 7.50. The van der Waals surface area contributed by atoms with Gasteiger partial charge in [-0.25, -0.2) is 0 Å². The Morgan fingerprint density at radius 1 is 1.45 bits per heavy atom. The minimum absolute atomic E-state index is 0.0157. The number of anilines is 1. The molecule has 1 amide bonds. The van der Waals surface area contributed by atoms with Crippen LogP contribution in [-0.4, -0.2) is 41.7 Å². The van der Waals surface area contributed by atoms with Crippen LogP contribution < -0.4 is 5.32 Å². The first kappa shape index (κ1) is 15.1. The van der Waals surface area contributed by atoms with Gasteiger partial charge >= 0.3 is 0 Å². The molecule has 0 radical (unpaired) electrons. The molecule has 0 aromatic heterocycles. The third-order valence-electron chi connectivity index (χ3n) is 3.53. The molecule has 1 fully saturated rings. The third-order valence-corrected chi connectivity index (χ3v) is 3.76. The number of halogens is 1. The zero-order valence-electron chi connectivity index (χ0n) is 11.7. The SMILES string of the molecule is CCCNc1ccc(Cl)cc1C(=O)N1CCC(O)CC1. The lowest BCUT2D eigenvalue weighted by atomic mass is 10.1. The number of nitrogens with one attached hydrogen (secondary N) is 1. The Morgan fingerprint density at radius 3 is 2.80 bits per heavy atom. The molecule has 110 valence electrons. The average Bonchev–Trinajstić information content (AvgIpc) is 2.46. The van der Waals surface area contributed by atoms with Gasteiger partial charge in [0.25, 0.3) is 5.91 Å². The lowest BCUT2D eigenvalue weighted by Gasteiger charge is -2.30. The average molecular weight is 297 g/mol. The fourth-order valence-electron chi connectivity index (χ4n) is 2.35. The highest BCUT2D eigenvalue weighted by atomic mass is 35.5. The number of carbonyl (C=O) groups excluding carboxylic acids is 1. The molecule has 20 heavy (non-hydrogen) atoms. The van der Waals surface area contributed by atoms with Crippen molar-refractivity contribution in [3.63, 3.8) is 0 Å². The molecule has 0 saturated carbocycles. The maximum Gasteiger partial charge on any atom is 0.256 e. The molecule has 1 heterocycles. The zero-order valence-corrected chi connectivity index (χ0v) is 12.5. The largest absolute Gasteiger partial charge is 0.393 e. The van der Waals surface area contributed by atoms with Crippen molar-refractivity contribution in [2.75, 3.05) is 25.0 Å². The summed E-state index contributed by atoms with van der Waals surface area (Å²) in [4.78, 5) is 14.4. The molecule has 1 aromatic carbocycles. The van der Waals surface area contributed by atoms with E-state index in [1.807, 2.05) is 6.07 Å². The summed E-state index contributed by atoms with van der Waals surface area (Å²) in [6.07, 6.45) is 2.00. The smallest absolute Gasteiger partial charge is 0.256 e. The molecule has 0 bridgehead atoms. The maximum atomic E-state index is 12.6. The molecule has 0 atom stereocenters. The summed E-state index contributed by atoms with van der Waals surface area (Å²) in [5.74, 6) is -0.0157. The van der Waals surface area contributed by atoms with Crippen molar-refractivity contribution in [1.82, 2.24) is 4.90 Å². The van der Waals surface area contributed by atoms with Crippen LogP contribution >= 0.6 is 11.6 Å². The molecule has 2 rings (SSSR count). The predicted octanol–water partition coefficient (Wildman–Crippen LogP) is 2.76. The minimum Gasteiger partial charge on any atom is -0.393 e. The van der Waals surface area contributed by atoms with Crippen LogP contribution in [0.4, 0.5) is 5.69 Å². The van der Waals surface area contributed by atoms with Crippen molar-refractivity contribution in [3.8, 4) is 0 Å². The zero-order chi connectivity index (χ0) is 14.5. The van der Waals surface area contributed by atoms with Crippen LogP contribution in [0.5, 0.6) is 0 Å². The predicted molar refractivity (Wildman–Crippen MR) is 81.4 cm³/mol. The van der Waals surface area contributed by atoms with Crippen LogP contribution in [0.25, 0.3) is 0 Å². The number of rotatable bonds is 4. The van der Waals surface area contributed by atoms with E-state index < -0.39 is 0 Å². The Hall–Kier alpha value is -1.26. The summed E-state index contributed by atoms with van der Waals surface area (Å²) in [6, 6.07) is 5.35. The lowest BCUT2D eigenvalue weighted by Crippen LogP contribution is -2.40. The van der Waals surface area contributed by atoms with Crippen LogP contribution in [-0.2, 0) is 0 Å². The van der Waals surface area contributed by atoms with E-state index in [0.717, 1.165) is 18.7 Å². The molecular weight excluding hydrogens is 276 g/mol. The number of aliphatic hydroxyl groups excluding tert-OH is 1. The van der Waals surface area contributed by atoms with E-state index in [1.165, 1.54) is 0 Å². The van der Waals surface area contributed by atoms with Gasteiger partial charge in [0.05, 0.1) is 11.7 Å². The van der Waals surface area contributed by atoms with Gasteiger partial charge in [-0.15, -0.1) is 0 Å². The van der Waals surface area contributed by atoms with E-state index in [1.54, 1.807) is 17.0 Å². The van der Waals surface area contributed by atoms with Gasteiger partial charge in [-0.2, -0.15) is 0 Å². The van der Waals surface area contributed by atoms with Crippen LogP contribution in [0.2, 0.25) is 5.02 Å². The standard InChI is InChI=1S/C15H21ClN2O2/c1-2-7-17-14-4-3-11(16)10-13(14)15(20)18-8-5-12(19)6-9-18/h3-4,10,12,17,19H,2,5-9H2,1H3. The summed E-state index contributed by atoms with van der Waals surface area (Å²) >= 11 is 6.02. The second-order valence-corrected chi connectivity index (χ2v) is 5.58. The van der Waals surface area contributed by atoms with Gasteiger partial charge in [0.2, 0.25) is 0 Å². The first-order chi connectivity index (χ1) is 9.61. The van der Waals surface area contributed by atoms with Gasteiger partial charge < -0.3 is 15.3 Å². The fraction of sp³-hybridized carbons (Fsp3) is 0.533. The van der Waals surface area contributed by atoms with Crippen molar-refractivity contribution in [3.05, 3.63) is 28.8 Å². The number of carbonyl (C=O) groups is 1. The summed E-state index contributed by atoms with van der Waals surface area (Å²) < 4.78 is 0. The number of hydrogen-bond acceptors (Lipinski definition) is 3. The van der Waals surface area contributed by atoms with E-state index in [0.29, 0.717) is 36.5 Å². The van der Waals surface area contributed by atoms with Crippen molar-refractivity contribution in [2.45, 2.75) is 32.3 Å². The third kappa shape index (κ3) is 3.64. The molecule has 1 saturated heterocycles. The Morgan fingerprint density at radius 2 is 2.15 bits per heavy atom. The van der Waals surface area contributed by atoms with Crippen molar-refractivity contribution in [2.24, 2.45) is 0 Å². The molecule has 1 aliphatic heterocycles. The Labute approximate surface area is 124 Å². The Balaban J connectivity index is 2.17. The van der Waals surface area contributed by atoms with Crippen LogP contribution in [0.1, 0.15) is 36.5 Å². The van der Waals surface area contributed by atoms with Gasteiger partial charge in [0.15, 0.2) is 0 Å².